The number of nitrogens with one attached hydrogen (secondary N) is 1. The van der Waals surface area contributed by atoms with Crippen LogP contribution >= 0.6 is 0 Å². The lowest BCUT2D eigenvalue weighted by atomic mass is 10.1. The molecule has 0 aliphatic carbocycles. The first-order chi connectivity index (χ1) is 8.45. The minimum absolute atomic E-state index is 0.0903. The Bertz CT molecular complexity index is 445. The third kappa shape index (κ3) is 3.48. The van der Waals surface area contributed by atoms with Gasteiger partial charge < -0.3 is 15.2 Å². The van der Waals surface area contributed by atoms with Gasteiger partial charge in [0.2, 0.25) is 5.91 Å². The zero-order chi connectivity index (χ0) is 13.7. The van der Waals surface area contributed by atoms with Crippen molar-refractivity contribution in [2.75, 3.05) is 13.7 Å². The average molecular weight is 251 g/mol. The molecule has 5 nitrogen and oxygen atoms in total. The van der Waals surface area contributed by atoms with E-state index in [0.29, 0.717) is 5.75 Å². The van der Waals surface area contributed by atoms with E-state index in [0.717, 1.165) is 11.1 Å². The van der Waals surface area contributed by atoms with Gasteiger partial charge >= 0.3 is 5.97 Å². The summed E-state index contributed by atoms with van der Waals surface area (Å²) in [6, 6.07) is 3.12. The van der Waals surface area contributed by atoms with Gasteiger partial charge in [0.15, 0.2) is 0 Å². The van der Waals surface area contributed by atoms with Crippen molar-refractivity contribution in [1.29, 1.82) is 0 Å². The normalized spacial score (nSPS) is 9.94. The first-order valence-electron chi connectivity index (χ1n) is 5.63. The molecule has 1 aromatic carbocycles. The van der Waals surface area contributed by atoms with E-state index in [2.05, 4.69) is 5.32 Å². The number of carbonyl (C=O) groups is 2. The topological polar surface area (TPSA) is 75.6 Å². The Hall–Kier alpha value is -2.04. The first kappa shape index (κ1) is 14.0. The number of aryl methyl sites for hydroxylation is 2. The standard InChI is InChI=1S/C13H17NO4/c1-8-6-10(13(16)17)7-9(2)12(8)18-5-4-11(15)14-3/h6-7H,4-5H2,1-3H3,(H,14,15)(H,16,17). The van der Waals surface area contributed by atoms with Crippen LogP contribution in [0.4, 0.5) is 0 Å². The summed E-state index contributed by atoms with van der Waals surface area (Å²) in [5, 5.41) is 11.4. The van der Waals surface area contributed by atoms with E-state index in [1.165, 1.54) is 0 Å². The van der Waals surface area contributed by atoms with E-state index in [-0.39, 0.29) is 24.5 Å². The van der Waals surface area contributed by atoms with Gasteiger partial charge in [0.05, 0.1) is 18.6 Å². The fourth-order valence-electron chi connectivity index (χ4n) is 1.67. The Balaban J connectivity index is 2.78. The van der Waals surface area contributed by atoms with E-state index in [1.807, 2.05) is 0 Å². The molecule has 1 aromatic rings. The lowest BCUT2D eigenvalue weighted by Crippen LogP contribution is -2.20. The van der Waals surface area contributed by atoms with Crippen LogP contribution in [0.2, 0.25) is 0 Å². The Morgan fingerprint density at radius 1 is 1.28 bits per heavy atom. The maximum atomic E-state index is 11.0. The van der Waals surface area contributed by atoms with Crippen molar-refractivity contribution < 1.29 is 19.4 Å². The summed E-state index contributed by atoms with van der Waals surface area (Å²) in [6.07, 6.45) is 0.274. The fraction of sp³-hybridized carbons (Fsp3) is 0.385. The molecule has 18 heavy (non-hydrogen) atoms. The van der Waals surface area contributed by atoms with Crippen molar-refractivity contribution in [1.82, 2.24) is 5.32 Å². The summed E-state index contributed by atoms with van der Waals surface area (Å²) in [4.78, 5) is 21.9. The maximum absolute atomic E-state index is 11.0. The number of amides is 1. The molecule has 2 N–H and O–H groups in total. The van der Waals surface area contributed by atoms with Gasteiger partial charge in [-0.25, -0.2) is 4.79 Å². The monoisotopic (exact) mass is 251 g/mol. The Labute approximate surface area is 106 Å². The summed E-state index contributed by atoms with van der Waals surface area (Å²) in [5.41, 5.74) is 1.75. The molecule has 1 rings (SSSR count). The molecule has 98 valence electrons. The Morgan fingerprint density at radius 3 is 2.28 bits per heavy atom. The second kappa shape index (κ2) is 6.05. The molecule has 0 spiro atoms. The molecule has 5 heteroatoms. The van der Waals surface area contributed by atoms with Gasteiger partial charge in [-0.2, -0.15) is 0 Å². The van der Waals surface area contributed by atoms with Crippen LogP contribution in [0.3, 0.4) is 0 Å². The van der Waals surface area contributed by atoms with Crippen molar-refractivity contribution in [3.05, 3.63) is 28.8 Å². The zero-order valence-corrected chi connectivity index (χ0v) is 10.7. The minimum atomic E-state index is -0.960. The molecule has 0 saturated carbocycles. The van der Waals surface area contributed by atoms with Gasteiger partial charge in [0, 0.05) is 7.05 Å². The molecule has 0 aromatic heterocycles. The lowest BCUT2D eigenvalue weighted by molar-refractivity contribution is -0.121. The zero-order valence-electron chi connectivity index (χ0n) is 10.7. The second-order valence-corrected chi connectivity index (χ2v) is 4.02. The smallest absolute Gasteiger partial charge is 0.335 e. The third-order valence-electron chi connectivity index (χ3n) is 2.56. The van der Waals surface area contributed by atoms with Crippen LogP contribution in [0.5, 0.6) is 5.75 Å². The molecule has 0 aliphatic heterocycles. The number of aromatic carboxylic acids is 1. The maximum Gasteiger partial charge on any atom is 0.335 e. The molecular formula is C13H17NO4. The van der Waals surface area contributed by atoms with Crippen molar-refractivity contribution in [2.45, 2.75) is 20.3 Å². The lowest BCUT2D eigenvalue weighted by Gasteiger charge is -2.12. The van der Waals surface area contributed by atoms with E-state index in [9.17, 15) is 9.59 Å². The predicted molar refractivity (Wildman–Crippen MR) is 67.1 cm³/mol. The van der Waals surface area contributed by atoms with Crippen LogP contribution in [0.25, 0.3) is 0 Å². The van der Waals surface area contributed by atoms with Gasteiger partial charge in [-0.15, -0.1) is 0 Å². The number of hydrogen-bond donors (Lipinski definition) is 2. The third-order valence-corrected chi connectivity index (χ3v) is 2.56. The quantitative estimate of drug-likeness (QED) is 0.831. The van der Waals surface area contributed by atoms with Crippen molar-refractivity contribution in [3.63, 3.8) is 0 Å². The van der Waals surface area contributed by atoms with Crippen molar-refractivity contribution in [3.8, 4) is 5.75 Å². The number of rotatable bonds is 5. The highest BCUT2D eigenvalue weighted by molar-refractivity contribution is 5.88. The Kier molecular flexibility index (Phi) is 4.71. The summed E-state index contributed by atoms with van der Waals surface area (Å²) >= 11 is 0. The second-order valence-electron chi connectivity index (χ2n) is 4.02. The van der Waals surface area contributed by atoms with Crippen LogP contribution in [0, 0.1) is 13.8 Å². The molecule has 0 radical (unpaired) electrons. The van der Waals surface area contributed by atoms with Crippen LogP contribution in [0.15, 0.2) is 12.1 Å². The summed E-state index contributed by atoms with van der Waals surface area (Å²) < 4.78 is 5.52. The number of carbonyl (C=O) groups excluding carboxylic acids is 1. The van der Waals surface area contributed by atoms with Crippen molar-refractivity contribution >= 4 is 11.9 Å². The highest BCUT2D eigenvalue weighted by Gasteiger charge is 2.11. The molecule has 0 aliphatic rings. The van der Waals surface area contributed by atoms with Gasteiger partial charge in [0.25, 0.3) is 0 Å². The highest BCUT2D eigenvalue weighted by Crippen LogP contribution is 2.24. The SMILES string of the molecule is CNC(=O)CCOc1c(C)cc(C(=O)O)cc1C. The molecule has 1 amide bonds. The van der Waals surface area contributed by atoms with Gasteiger partial charge in [-0.1, -0.05) is 0 Å². The number of benzene rings is 1. The molecule has 0 fully saturated rings. The van der Waals surface area contributed by atoms with E-state index in [4.69, 9.17) is 9.84 Å². The van der Waals surface area contributed by atoms with Crippen molar-refractivity contribution in [2.24, 2.45) is 0 Å². The van der Waals surface area contributed by atoms with Gasteiger partial charge in [0.1, 0.15) is 5.75 Å². The fourth-order valence-corrected chi connectivity index (χ4v) is 1.67. The van der Waals surface area contributed by atoms with Gasteiger partial charge in [-0.05, 0) is 37.1 Å². The molecule has 0 saturated heterocycles. The minimum Gasteiger partial charge on any atom is -0.493 e. The highest BCUT2D eigenvalue weighted by atomic mass is 16.5. The predicted octanol–water partition coefficient (Wildman–Crippen LogP) is 1.52. The molecular weight excluding hydrogens is 234 g/mol. The average Bonchev–Trinajstić information content (AvgIpc) is 2.31. The van der Waals surface area contributed by atoms with E-state index >= 15 is 0 Å². The number of carboxylic acids is 1. The summed E-state index contributed by atoms with van der Waals surface area (Å²) in [6.45, 7) is 3.84. The molecule has 0 unspecified atom stereocenters. The first-order valence-corrected chi connectivity index (χ1v) is 5.63. The van der Waals surface area contributed by atoms with Crippen LogP contribution in [-0.4, -0.2) is 30.6 Å². The number of hydrogen-bond acceptors (Lipinski definition) is 3. The van der Waals surface area contributed by atoms with E-state index < -0.39 is 5.97 Å². The van der Waals surface area contributed by atoms with Crippen LogP contribution < -0.4 is 10.1 Å². The Morgan fingerprint density at radius 2 is 1.83 bits per heavy atom. The van der Waals surface area contributed by atoms with Crippen LogP contribution in [0.1, 0.15) is 27.9 Å². The van der Waals surface area contributed by atoms with Crippen LogP contribution in [-0.2, 0) is 4.79 Å². The summed E-state index contributed by atoms with van der Waals surface area (Å²) in [5.74, 6) is -0.408. The largest absolute Gasteiger partial charge is 0.493 e. The molecule has 0 bridgehead atoms. The number of carboxylic acid groups (broad SMARTS) is 1. The number of ether oxygens (including phenoxy) is 1. The summed E-state index contributed by atoms with van der Waals surface area (Å²) in [7, 11) is 1.57. The van der Waals surface area contributed by atoms with E-state index in [1.54, 1.807) is 33.0 Å². The molecule has 0 atom stereocenters. The molecule has 0 heterocycles. The van der Waals surface area contributed by atoms with Gasteiger partial charge in [-0.3, -0.25) is 4.79 Å².